The van der Waals surface area contributed by atoms with Crippen LogP contribution in [0.4, 0.5) is 14.7 Å². The molecule has 0 saturated heterocycles. The van der Waals surface area contributed by atoms with Gasteiger partial charge in [-0.15, -0.1) is 0 Å². The van der Waals surface area contributed by atoms with E-state index in [0.29, 0.717) is 43.8 Å². The third-order valence-electron chi connectivity index (χ3n) is 4.52. The van der Waals surface area contributed by atoms with Crippen LogP contribution in [0.5, 0.6) is 11.5 Å². The van der Waals surface area contributed by atoms with E-state index in [0.717, 1.165) is 11.0 Å². The predicted molar refractivity (Wildman–Crippen MR) is 112 cm³/mol. The average Bonchev–Trinajstić information content (AvgIpc) is 3.11. The number of imidazole rings is 1. The SMILES string of the molecule is Fc1ccc(OCCNc2nc3ccccc3n2CCOc2ccc(F)cc2)cc1. The quantitative estimate of drug-likeness (QED) is 0.400. The Labute approximate surface area is 172 Å². The Morgan fingerprint density at radius 3 is 2.03 bits per heavy atom. The van der Waals surface area contributed by atoms with E-state index in [4.69, 9.17) is 9.47 Å². The fourth-order valence-corrected chi connectivity index (χ4v) is 3.08. The maximum absolute atomic E-state index is 13.0. The Balaban J connectivity index is 1.38. The molecule has 1 aromatic heterocycles. The Kier molecular flexibility index (Phi) is 6.08. The Hall–Kier alpha value is -3.61. The molecule has 7 heteroatoms. The minimum Gasteiger partial charge on any atom is -0.492 e. The monoisotopic (exact) mass is 409 g/mol. The number of aromatic nitrogens is 2. The number of rotatable bonds is 9. The second-order valence-corrected chi connectivity index (χ2v) is 6.61. The number of anilines is 1. The number of halogens is 2. The van der Waals surface area contributed by atoms with Gasteiger partial charge in [-0.25, -0.2) is 13.8 Å². The lowest BCUT2D eigenvalue weighted by Crippen LogP contribution is -2.16. The van der Waals surface area contributed by atoms with Gasteiger partial charge in [0.1, 0.15) is 36.3 Å². The molecule has 4 rings (SSSR count). The number of nitrogens with zero attached hydrogens (tertiary/aromatic N) is 2. The van der Waals surface area contributed by atoms with E-state index in [9.17, 15) is 8.78 Å². The molecular formula is C23H21F2N3O2. The van der Waals surface area contributed by atoms with Crippen LogP contribution in [-0.4, -0.2) is 29.3 Å². The number of benzene rings is 3. The highest BCUT2D eigenvalue weighted by Gasteiger charge is 2.10. The van der Waals surface area contributed by atoms with Gasteiger partial charge in [0.25, 0.3) is 0 Å². The molecule has 0 radical (unpaired) electrons. The normalized spacial score (nSPS) is 10.9. The summed E-state index contributed by atoms with van der Waals surface area (Å²) in [7, 11) is 0. The van der Waals surface area contributed by atoms with Gasteiger partial charge in [-0.2, -0.15) is 0 Å². The molecule has 0 spiro atoms. The second-order valence-electron chi connectivity index (χ2n) is 6.61. The number of hydrogen-bond donors (Lipinski definition) is 1. The van der Waals surface area contributed by atoms with E-state index in [-0.39, 0.29) is 11.6 Å². The molecule has 0 atom stereocenters. The summed E-state index contributed by atoms with van der Waals surface area (Å²) >= 11 is 0. The Bertz CT molecular complexity index is 1100. The largest absolute Gasteiger partial charge is 0.492 e. The van der Waals surface area contributed by atoms with Gasteiger partial charge in [0.2, 0.25) is 5.95 Å². The van der Waals surface area contributed by atoms with Crippen molar-refractivity contribution in [2.75, 3.05) is 25.1 Å². The lowest BCUT2D eigenvalue weighted by molar-refractivity contribution is 0.300. The summed E-state index contributed by atoms with van der Waals surface area (Å²) in [6.07, 6.45) is 0. The van der Waals surface area contributed by atoms with Gasteiger partial charge in [0, 0.05) is 0 Å². The average molecular weight is 409 g/mol. The van der Waals surface area contributed by atoms with Crippen LogP contribution in [0.3, 0.4) is 0 Å². The van der Waals surface area contributed by atoms with E-state index in [1.165, 1.54) is 24.3 Å². The summed E-state index contributed by atoms with van der Waals surface area (Å²) in [5.41, 5.74) is 1.86. The van der Waals surface area contributed by atoms with E-state index < -0.39 is 0 Å². The van der Waals surface area contributed by atoms with Crippen LogP contribution >= 0.6 is 0 Å². The lowest BCUT2D eigenvalue weighted by atomic mass is 10.3. The molecule has 0 saturated carbocycles. The first-order valence-electron chi connectivity index (χ1n) is 9.65. The molecule has 0 fully saturated rings. The smallest absolute Gasteiger partial charge is 0.204 e. The molecule has 3 aromatic carbocycles. The zero-order chi connectivity index (χ0) is 20.8. The van der Waals surface area contributed by atoms with Crippen molar-refractivity contribution in [3.63, 3.8) is 0 Å². The Morgan fingerprint density at radius 2 is 1.37 bits per heavy atom. The molecule has 0 aliphatic rings. The molecule has 0 unspecified atom stereocenters. The summed E-state index contributed by atoms with van der Waals surface area (Å²) < 4.78 is 39.4. The molecule has 4 aromatic rings. The maximum atomic E-state index is 13.0. The molecule has 154 valence electrons. The fraction of sp³-hybridized carbons (Fsp3) is 0.174. The first-order chi connectivity index (χ1) is 14.7. The molecule has 1 heterocycles. The molecule has 0 aliphatic heterocycles. The van der Waals surface area contributed by atoms with Crippen LogP contribution < -0.4 is 14.8 Å². The van der Waals surface area contributed by atoms with Crippen LogP contribution in [0.25, 0.3) is 11.0 Å². The molecule has 0 aliphatic carbocycles. The molecule has 5 nitrogen and oxygen atoms in total. The van der Waals surface area contributed by atoms with Gasteiger partial charge < -0.3 is 19.4 Å². The van der Waals surface area contributed by atoms with Gasteiger partial charge in [-0.05, 0) is 60.7 Å². The minimum atomic E-state index is -0.294. The predicted octanol–water partition coefficient (Wildman–Crippen LogP) is 4.88. The minimum absolute atomic E-state index is 0.294. The van der Waals surface area contributed by atoms with Crippen LogP contribution in [0.15, 0.2) is 72.8 Å². The van der Waals surface area contributed by atoms with Gasteiger partial charge in [0.15, 0.2) is 0 Å². The van der Waals surface area contributed by atoms with Crippen molar-refractivity contribution >= 4 is 17.0 Å². The molecule has 30 heavy (non-hydrogen) atoms. The first kappa shape index (κ1) is 19.7. The van der Waals surface area contributed by atoms with Crippen molar-refractivity contribution in [1.82, 2.24) is 9.55 Å². The molecule has 1 N–H and O–H groups in total. The van der Waals surface area contributed by atoms with Gasteiger partial charge >= 0.3 is 0 Å². The van der Waals surface area contributed by atoms with Crippen molar-refractivity contribution in [2.45, 2.75) is 6.54 Å². The zero-order valence-electron chi connectivity index (χ0n) is 16.2. The van der Waals surface area contributed by atoms with Crippen LogP contribution in [0, 0.1) is 11.6 Å². The maximum Gasteiger partial charge on any atom is 0.204 e. The number of fused-ring (bicyclic) bond motifs is 1. The third-order valence-corrected chi connectivity index (χ3v) is 4.52. The van der Waals surface area contributed by atoms with Gasteiger partial charge in [-0.1, -0.05) is 12.1 Å². The van der Waals surface area contributed by atoms with Crippen molar-refractivity contribution in [3.05, 3.63) is 84.4 Å². The topological polar surface area (TPSA) is 48.3 Å². The van der Waals surface area contributed by atoms with E-state index >= 15 is 0 Å². The number of nitrogens with one attached hydrogen (secondary N) is 1. The van der Waals surface area contributed by atoms with E-state index in [1.54, 1.807) is 24.3 Å². The number of ether oxygens (including phenoxy) is 2. The lowest BCUT2D eigenvalue weighted by Gasteiger charge is -2.12. The highest BCUT2D eigenvalue weighted by atomic mass is 19.1. The molecule has 0 bridgehead atoms. The van der Waals surface area contributed by atoms with Gasteiger partial charge in [0.05, 0.1) is 24.1 Å². The van der Waals surface area contributed by atoms with Crippen molar-refractivity contribution in [3.8, 4) is 11.5 Å². The van der Waals surface area contributed by atoms with Crippen LogP contribution in [-0.2, 0) is 6.54 Å². The van der Waals surface area contributed by atoms with Crippen LogP contribution in [0.1, 0.15) is 0 Å². The number of hydrogen-bond acceptors (Lipinski definition) is 4. The standard InChI is InChI=1S/C23H21F2N3O2/c24-17-5-9-19(10-6-17)29-15-13-26-23-27-21-3-1-2-4-22(21)28(23)14-16-30-20-11-7-18(25)8-12-20/h1-12H,13-16H2,(H,26,27). The first-order valence-corrected chi connectivity index (χ1v) is 9.65. The Morgan fingerprint density at radius 1 is 0.767 bits per heavy atom. The molecular weight excluding hydrogens is 388 g/mol. The zero-order valence-corrected chi connectivity index (χ0v) is 16.2. The summed E-state index contributed by atoms with van der Waals surface area (Å²) in [5.74, 6) is 1.35. The van der Waals surface area contributed by atoms with Crippen molar-refractivity contribution in [1.29, 1.82) is 0 Å². The summed E-state index contributed by atoms with van der Waals surface area (Å²) in [4.78, 5) is 4.65. The van der Waals surface area contributed by atoms with Gasteiger partial charge in [-0.3, -0.25) is 0 Å². The molecule has 0 amide bonds. The summed E-state index contributed by atoms with van der Waals surface area (Å²) in [6.45, 7) is 1.91. The van der Waals surface area contributed by atoms with E-state index in [1.807, 2.05) is 28.8 Å². The summed E-state index contributed by atoms with van der Waals surface area (Å²) in [5, 5.41) is 3.29. The second kappa shape index (κ2) is 9.26. The van der Waals surface area contributed by atoms with Crippen molar-refractivity contribution < 1.29 is 18.3 Å². The van der Waals surface area contributed by atoms with Crippen molar-refractivity contribution in [2.24, 2.45) is 0 Å². The number of para-hydroxylation sites is 2. The highest BCUT2D eigenvalue weighted by Crippen LogP contribution is 2.20. The third kappa shape index (κ3) is 4.86. The highest BCUT2D eigenvalue weighted by molar-refractivity contribution is 5.78. The van der Waals surface area contributed by atoms with Crippen LogP contribution in [0.2, 0.25) is 0 Å². The summed E-state index contributed by atoms with van der Waals surface area (Å²) in [6, 6.07) is 19.7. The fourth-order valence-electron chi connectivity index (χ4n) is 3.08. The van der Waals surface area contributed by atoms with E-state index in [2.05, 4.69) is 10.3 Å².